The van der Waals surface area contributed by atoms with Crippen LogP contribution in [0.1, 0.15) is 25.5 Å². The number of rotatable bonds is 3. The van der Waals surface area contributed by atoms with Gasteiger partial charge >= 0.3 is 6.09 Å². The zero-order valence-electron chi connectivity index (χ0n) is 12.1. The third kappa shape index (κ3) is 3.19. The van der Waals surface area contributed by atoms with Gasteiger partial charge in [-0.1, -0.05) is 6.07 Å². The molecular weight excluding hydrogens is 256 g/mol. The van der Waals surface area contributed by atoms with Gasteiger partial charge in [-0.05, 0) is 19.9 Å². The zero-order valence-corrected chi connectivity index (χ0v) is 12.1. The first-order chi connectivity index (χ1) is 9.63. The van der Waals surface area contributed by atoms with E-state index < -0.39 is 0 Å². The van der Waals surface area contributed by atoms with E-state index >= 15 is 0 Å². The topological polar surface area (TPSA) is 71.7 Å². The lowest BCUT2D eigenvalue weighted by Gasteiger charge is -2.35. The quantitative estimate of drug-likeness (QED) is 0.904. The third-order valence-electron chi connectivity index (χ3n) is 3.41. The number of carbonyl (C=O) groups is 1. The van der Waals surface area contributed by atoms with Gasteiger partial charge in [0.25, 0.3) is 0 Å². The van der Waals surface area contributed by atoms with Crippen LogP contribution in [0.25, 0.3) is 0 Å². The molecular formula is C14H22N4O2. The lowest BCUT2D eigenvalue weighted by molar-refractivity contribution is 0.105. The highest BCUT2D eigenvalue weighted by Crippen LogP contribution is 2.23. The summed E-state index contributed by atoms with van der Waals surface area (Å²) < 4.78 is 5.02. The van der Waals surface area contributed by atoms with Crippen molar-refractivity contribution in [2.24, 2.45) is 5.73 Å². The fourth-order valence-corrected chi connectivity index (χ4v) is 2.34. The molecule has 0 aliphatic carbocycles. The van der Waals surface area contributed by atoms with Crippen LogP contribution in [0.15, 0.2) is 18.3 Å². The summed E-state index contributed by atoms with van der Waals surface area (Å²) in [5.74, 6) is 0.922. The van der Waals surface area contributed by atoms with Crippen LogP contribution >= 0.6 is 0 Å². The van der Waals surface area contributed by atoms with Crippen LogP contribution in [-0.2, 0) is 4.74 Å². The number of aromatic nitrogens is 1. The van der Waals surface area contributed by atoms with Gasteiger partial charge in [-0.2, -0.15) is 0 Å². The Morgan fingerprint density at radius 2 is 2.15 bits per heavy atom. The Balaban J connectivity index is 2.02. The summed E-state index contributed by atoms with van der Waals surface area (Å²) >= 11 is 0. The highest BCUT2D eigenvalue weighted by Gasteiger charge is 2.24. The minimum Gasteiger partial charge on any atom is -0.450 e. The van der Waals surface area contributed by atoms with Crippen LogP contribution in [0.5, 0.6) is 0 Å². The van der Waals surface area contributed by atoms with E-state index in [0.29, 0.717) is 19.7 Å². The van der Waals surface area contributed by atoms with Crippen molar-refractivity contribution < 1.29 is 9.53 Å². The van der Waals surface area contributed by atoms with E-state index in [1.54, 1.807) is 11.1 Å². The number of hydrogen-bond donors (Lipinski definition) is 1. The predicted octanol–water partition coefficient (Wildman–Crippen LogP) is 1.38. The van der Waals surface area contributed by atoms with Crippen molar-refractivity contribution in [2.45, 2.75) is 19.9 Å². The molecule has 20 heavy (non-hydrogen) atoms. The van der Waals surface area contributed by atoms with Gasteiger partial charge < -0.3 is 20.3 Å². The number of amides is 1. The van der Waals surface area contributed by atoms with Crippen molar-refractivity contribution in [1.82, 2.24) is 9.88 Å². The number of hydrogen-bond acceptors (Lipinski definition) is 5. The van der Waals surface area contributed by atoms with Crippen molar-refractivity contribution in [1.29, 1.82) is 0 Å². The molecule has 2 rings (SSSR count). The molecule has 1 aromatic heterocycles. The van der Waals surface area contributed by atoms with Gasteiger partial charge in [-0.25, -0.2) is 9.78 Å². The molecule has 0 saturated carbocycles. The monoisotopic (exact) mass is 278 g/mol. The van der Waals surface area contributed by atoms with Crippen LogP contribution in [0, 0.1) is 0 Å². The molecule has 1 aliphatic heterocycles. The highest BCUT2D eigenvalue weighted by molar-refractivity contribution is 5.68. The normalized spacial score (nSPS) is 16.9. The first-order valence-corrected chi connectivity index (χ1v) is 7.00. The van der Waals surface area contributed by atoms with Crippen molar-refractivity contribution >= 4 is 11.9 Å². The van der Waals surface area contributed by atoms with Crippen LogP contribution in [-0.4, -0.2) is 48.8 Å². The molecule has 1 amide bonds. The minimum atomic E-state index is -0.236. The van der Waals surface area contributed by atoms with E-state index in [1.807, 2.05) is 26.0 Å². The van der Waals surface area contributed by atoms with E-state index in [2.05, 4.69) is 9.88 Å². The Morgan fingerprint density at radius 1 is 1.45 bits per heavy atom. The molecule has 1 atom stereocenters. The molecule has 1 aromatic rings. The van der Waals surface area contributed by atoms with Crippen molar-refractivity contribution in [2.75, 3.05) is 37.7 Å². The Hall–Kier alpha value is -1.82. The Kier molecular flexibility index (Phi) is 4.79. The maximum absolute atomic E-state index is 11.7. The summed E-state index contributed by atoms with van der Waals surface area (Å²) in [7, 11) is 0. The lowest BCUT2D eigenvalue weighted by Crippen LogP contribution is -2.49. The fraction of sp³-hybridized carbons (Fsp3) is 0.571. The van der Waals surface area contributed by atoms with Gasteiger partial charge in [-0.15, -0.1) is 0 Å². The van der Waals surface area contributed by atoms with Gasteiger partial charge in [-0.3, -0.25) is 0 Å². The molecule has 2 N–H and O–H groups in total. The summed E-state index contributed by atoms with van der Waals surface area (Å²) in [5, 5.41) is 0. The number of carbonyl (C=O) groups excluding carboxylic acids is 1. The zero-order chi connectivity index (χ0) is 14.5. The fourth-order valence-electron chi connectivity index (χ4n) is 2.34. The van der Waals surface area contributed by atoms with Gasteiger partial charge in [0.05, 0.1) is 6.61 Å². The number of ether oxygens (including phenoxy) is 1. The Morgan fingerprint density at radius 3 is 2.75 bits per heavy atom. The molecule has 1 unspecified atom stereocenters. The van der Waals surface area contributed by atoms with Crippen LogP contribution in [0.3, 0.4) is 0 Å². The summed E-state index contributed by atoms with van der Waals surface area (Å²) in [6.07, 6.45) is 1.54. The number of nitrogens with two attached hydrogens (primary N) is 1. The van der Waals surface area contributed by atoms with Crippen LogP contribution < -0.4 is 10.6 Å². The standard InChI is InChI=1S/C14H22N4O2/c1-3-20-14(19)18-9-7-17(8-10-18)13-12(11(2)15)5-4-6-16-13/h4-6,11H,3,7-10,15H2,1-2H3. The average molecular weight is 278 g/mol. The maximum atomic E-state index is 11.7. The van der Waals surface area contributed by atoms with Gasteiger partial charge in [0, 0.05) is 44.0 Å². The molecule has 0 aromatic carbocycles. The molecule has 6 heteroatoms. The van der Waals surface area contributed by atoms with E-state index in [9.17, 15) is 4.79 Å². The second-order valence-corrected chi connectivity index (χ2v) is 4.88. The summed E-state index contributed by atoms with van der Waals surface area (Å²) in [4.78, 5) is 20.0. The lowest BCUT2D eigenvalue weighted by atomic mass is 10.1. The van der Waals surface area contributed by atoms with Crippen molar-refractivity contribution in [3.8, 4) is 0 Å². The number of nitrogens with zero attached hydrogens (tertiary/aromatic N) is 3. The smallest absolute Gasteiger partial charge is 0.409 e. The van der Waals surface area contributed by atoms with Crippen molar-refractivity contribution in [3.05, 3.63) is 23.9 Å². The summed E-state index contributed by atoms with van der Waals surface area (Å²) in [5.41, 5.74) is 7.02. The second kappa shape index (κ2) is 6.56. The molecule has 1 aliphatic rings. The maximum Gasteiger partial charge on any atom is 0.409 e. The van der Waals surface area contributed by atoms with Gasteiger partial charge in [0.15, 0.2) is 0 Å². The van der Waals surface area contributed by atoms with Gasteiger partial charge in [0.1, 0.15) is 5.82 Å². The van der Waals surface area contributed by atoms with Crippen LogP contribution in [0.2, 0.25) is 0 Å². The number of piperazine rings is 1. The molecule has 1 saturated heterocycles. The van der Waals surface area contributed by atoms with E-state index in [4.69, 9.17) is 10.5 Å². The SMILES string of the molecule is CCOC(=O)N1CCN(c2ncccc2C(C)N)CC1. The average Bonchev–Trinajstić information content (AvgIpc) is 2.47. The molecule has 1 fully saturated rings. The summed E-state index contributed by atoms with van der Waals surface area (Å²) in [6.45, 7) is 6.97. The van der Waals surface area contributed by atoms with Crippen molar-refractivity contribution in [3.63, 3.8) is 0 Å². The molecule has 110 valence electrons. The molecule has 6 nitrogen and oxygen atoms in total. The third-order valence-corrected chi connectivity index (χ3v) is 3.41. The highest BCUT2D eigenvalue weighted by atomic mass is 16.6. The van der Waals surface area contributed by atoms with E-state index in [1.165, 1.54) is 0 Å². The first-order valence-electron chi connectivity index (χ1n) is 7.00. The second-order valence-electron chi connectivity index (χ2n) is 4.88. The summed E-state index contributed by atoms with van der Waals surface area (Å²) in [6, 6.07) is 3.85. The first kappa shape index (κ1) is 14.6. The molecule has 0 spiro atoms. The Bertz CT molecular complexity index is 456. The van der Waals surface area contributed by atoms with E-state index in [-0.39, 0.29) is 12.1 Å². The number of anilines is 1. The largest absolute Gasteiger partial charge is 0.450 e. The Labute approximate surface area is 119 Å². The molecule has 2 heterocycles. The van der Waals surface area contributed by atoms with Crippen LogP contribution in [0.4, 0.5) is 10.6 Å². The van der Waals surface area contributed by atoms with Gasteiger partial charge in [0.2, 0.25) is 0 Å². The van der Waals surface area contributed by atoms with E-state index in [0.717, 1.165) is 24.5 Å². The molecule has 0 radical (unpaired) electrons. The number of pyridine rings is 1. The predicted molar refractivity (Wildman–Crippen MR) is 77.6 cm³/mol. The minimum absolute atomic E-state index is 0.0539. The molecule has 0 bridgehead atoms.